The van der Waals surface area contributed by atoms with E-state index in [9.17, 15) is 9.59 Å². The van der Waals surface area contributed by atoms with E-state index in [1.165, 1.54) is 4.90 Å². The molecular formula is C26H23ClN2O5. The smallest absolute Gasteiger partial charge is 0.266 e. The average Bonchev–Trinajstić information content (AvgIpc) is 3.35. The number of aryl methyl sites for hydroxylation is 1. The van der Waals surface area contributed by atoms with Gasteiger partial charge in [-0.3, -0.25) is 14.4 Å². The zero-order valence-corrected chi connectivity index (χ0v) is 19.7. The first-order valence-electron chi connectivity index (χ1n) is 10.8. The summed E-state index contributed by atoms with van der Waals surface area (Å²) < 4.78 is 11.0. The summed E-state index contributed by atoms with van der Waals surface area (Å²) in [5.74, 6) is -0.361. The van der Waals surface area contributed by atoms with Crippen molar-refractivity contribution in [3.05, 3.63) is 82.9 Å². The first kappa shape index (κ1) is 22.3. The van der Waals surface area contributed by atoms with Crippen molar-refractivity contribution >= 4 is 34.8 Å². The van der Waals surface area contributed by atoms with E-state index in [1.54, 1.807) is 55.7 Å². The van der Waals surface area contributed by atoms with Crippen molar-refractivity contribution in [1.82, 2.24) is 0 Å². The van der Waals surface area contributed by atoms with Crippen LogP contribution in [0.2, 0.25) is 5.02 Å². The molecule has 0 radical (unpaired) electrons. The molecule has 2 saturated heterocycles. The van der Waals surface area contributed by atoms with E-state index in [2.05, 4.69) is 0 Å². The monoisotopic (exact) mass is 478 g/mol. The normalized spacial score (nSPS) is 21.7. The van der Waals surface area contributed by atoms with Crippen LogP contribution in [0.15, 0.2) is 66.7 Å². The van der Waals surface area contributed by atoms with Crippen molar-refractivity contribution in [2.24, 2.45) is 5.92 Å². The Labute approximate surface area is 202 Å². The fourth-order valence-corrected chi connectivity index (χ4v) is 4.78. The van der Waals surface area contributed by atoms with Crippen LogP contribution in [-0.2, 0) is 14.4 Å². The van der Waals surface area contributed by atoms with Crippen LogP contribution >= 0.6 is 11.6 Å². The van der Waals surface area contributed by atoms with Gasteiger partial charge in [-0.2, -0.15) is 0 Å². The molecule has 0 unspecified atom stereocenters. The van der Waals surface area contributed by atoms with Crippen LogP contribution in [0.3, 0.4) is 0 Å². The molecule has 3 atom stereocenters. The summed E-state index contributed by atoms with van der Waals surface area (Å²) in [7, 11) is 3.14. The van der Waals surface area contributed by atoms with Gasteiger partial charge in [-0.25, -0.2) is 9.96 Å². The van der Waals surface area contributed by atoms with E-state index in [0.717, 1.165) is 16.8 Å². The second-order valence-corrected chi connectivity index (χ2v) is 8.64. The Hall–Kier alpha value is -3.55. The van der Waals surface area contributed by atoms with Crippen LogP contribution in [0.5, 0.6) is 11.5 Å². The minimum atomic E-state index is -0.973. The summed E-state index contributed by atoms with van der Waals surface area (Å²) in [5.41, 5.74) is 2.91. The molecule has 5 rings (SSSR count). The molecule has 0 N–H and O–H groups in total. The lowest BCUT2D eigenvalue weighted by atomic mass is 9.89. The molecule has 2 aliphatic rings. The van der Waals surface area contributed by atoms with E-state index in [1.807, 2.05) is 37.3 Å². The predicted molar refractivity (Wildman–Crippen MR) is 128 cm³/mol. The molecule has 174 valence electrons. The van der Waals surface area contributed by atoms with Crippen molar-refractivity contribution in [1.29, 1.82) is 0 Å². The number of hydroxylamine groups is 1. The number of hydrogen-bond acceptors (Lipinski definition) is 6. The fraction of sp³-hybridized carbons (Fsp3) is 0.231. The van der Waals surface area contributed by atoms with Crippen molar-refractivity contribution in [2.75, 3.05) is 24.2 Å². The molecule has 0 aromatic heterocycles. The van der Waals surface area contributed by atoms with Gasteiger partial charge in [0.2, 0.25) is 5.91 Å². The molecule has 3 aromatic rings. The van der Waals surface area contributed by atoms with Crippen LogP contribution in [0.1, 0.15) is 17.2 Å². The van der Waals surface area contributed by atoms with Crippen molar-refractivity contribution in [3.63, 3.8) is 0 Å². The molecular weight excluding hydrogens is 456 g/mol. The average molecular weight is 479 g/mol. The minimum absolute atomic E-state index is 0.337. The number of imide groups is 1. The van der Waals surface area contributed by atoms with Crippen molar-refractivity contribution < 1.29 is 23.9 Å². The zero-order chi connectivity index (χ0) is 24.0. The minimum Gasteiger partial charge on any atom is -0.497 e. The van der Waals surface area contributed by atoms with Crippen LogP contribution in [0.25, 0.3) is 0 Å². The van der Waals surface area contributed by atoms with E-state index in [0.29, 0.717) is 22.2 Å². The molecule has 0 aliphatic carbocycles. The zero-order valence-electron chi connectivity index (χ0n) is 18.9. The Balaban J connectivity index is 1.64. The SMILES string of the molecule is COc1ccc([C@H]2[C@@H]3C(=O)N(c4ccc(Cl)cc4)C(=O)[C@@H]3ON2c2ccccc2C)c(OC)c1. The lowest BCUT2D eigenvalue weighted by Crippen LogP contribution is -2.37. The van der Waals surface area contributed by atoms with Gasteiger partial charge in [0, 0.05) is 16.7 Å². The number of nitrogens with zero attached hydrogens (tertiary/aromatic N) is 2. The number of rotatable bonds is 5. The van der Waals surface area contributed by atoms with Gasteiger partial charge in [-0.15, -0.1) is 0 Å². The number of fused-ring (bicyclic) bond motifs is 1. The molecule has 2 aliphatic heterocycles. The maximum Gasteiger partial charge on any atom is 0.266 e. The summed E-state index contributed by atoms with van der Waals surface area (Å²) in [6.45, 7) is 1.96. The van der Waals surface area contributed by atoms with Crippen LogP contribution in [0.4, 0.5) is 11.4 Å². The van der Waals surface area contributed by atoms with Gasteiger partial charge in [0.15, 0.2) is 6.10 Å². The summed E-state index contributed by atoms with van der Waals surface area (Å²) in [5, 5.41) is 2.19. The summed E-state index contributed by atoms with van der Waals surface area (Å²) in [6, 6.07) is 19.1. The van der Waals surface area contributed by atoms with Gasteiger partial charge in [0.1, 0.15) is 17.4 Å². The Morgan fingerprint density at radius 3 is 2.32 bits per heavy atom. The summed E-state index contributed by atoms with van der Waals surface area (Å²) in [6.07, 6.45) is -0.973. The predicted octanol–water partition coefficient (Wildman–Crippen LogP) is 4.72. The van der Waals surface area contributed by atoms with Gasteiger partial charge >= 0.3 is 0 Å². The highest BCUT2D eigenvalue weighted by molar-refractivity contribution is 6.31. The largest absolute Gasteiger partial charge is 0.497 e. The third-order valence-electron chi connectivity index (χ3n) is 6.31. The highest BCUT2D eigenvalue weighted by Gasteiger charge is 2.60. The molecule has 0 saturated carbocycles. The van der Waals surface area contributed by atoms with E-state index < -0.39 is 24.0 Å². The highest BCUT2D eigenvalue weighted by atomic mass is 35.5. The number of amides is 2. The number of methoxy groups -OCH3 is 2. The number of para-hydroxylation sites is 1. The second kappa shape index (κ2) is 8.66. The highest BCUT2D eigenvalue weighted by Crippen LogP contribution is 2.50. The maximum atomic E-state index is 13.8. The van der Waals surface area contributed by atoms with Crippen molar-refractivity contribution in [2.45, 2.75) is 19.1 Å². The van der Waals surface area contributed by atoms with Crippen molar-refractivity contribution in [3.8, 4) is 11.5 Å². The summed E-state index contributed by atoms with van der Waals surface area (Å²) in [4.78, 5) is 34.6. The third-order valence-corrected chi connectivity index (χ3v) is 6.56. The van der Waals surface area contributed by atoms with Gasteiger partial charge < -0.3 is 9.47 Å². The van der Waals surface area contributed by atoms with Gasteiger partial charge in [0.25, 0.3) is 5.91 Å². The Morgan fingerprint density at radius 1 is 0.912 bits per heavy atom. The molecule has 7 nitrogen and oxygen atoms in total. The van der Waals surface area contributed by atoms with Gasteiger partial charge in [-0.1, -0.05) is 29.8 Å². The van der Waals surface area contributed by atoms with E-state index >= 15 is 0 Å². The number of carbonyl (C=O) groups is 2. The lowest BCUT2D eigenvalue weighted by molar-refractivity contribution is -0.126. The topological polar surface area (TPSA) is 68.3 Å². The Bertz CT molecular complexity index is 1260. The third kappa shape index (κ3) is 3.48. The lowest BCUT2D eigenvalue weighted by Gasteiger charge is -2.30. The number of anilines is 2. The molecule has 8 heteroatoms. The van der Waals surface area contributed by atoms with Crippen LogP contribution < -0.4 is 19.4 Å². The fourth-order valence-electron chi connectivity index (χ4n) is 4.66. The Morgan fingerprint density at radius 2 is 1.65 bits per heavy atom. The molecule has 3 aromatic carbocycles. The first-order chi connectivity index (χ1) is 16.4. The molecule has 34 heavy (non-hydrogen) atoms. The number of ether oxygens (including phenoxy) is 2. The second-order valence-electron chi connectivity index (χ2n) is 8.21. The van der Waals surface area contributed by atoms with Crippen LogP contribution in [-0.4, -0.2) is 32.1 Å². The quantitative estimate of drug-likeness (QED) is 0.494. The number of halogens is 1. The summed E-state index contributed by atoms with van der Waals surface area (Å²) >= 11 is 6.01. The molecule has 2 heterocycles. The standard InChI is InChI=1S/C26H23ClN2O5/c1-15-6-4-5-7-20(15)29-23(19-13-12-18(32-2)14-21(19)33-3)22-24(34-29)26(31)28(25(22)30)17-10-8-16(27)9-11-17/h4-14,22-24H,1-3H3/t22-,23-,24+/m0/s1. The number of hydrogen-bond donors (Lipinski definition) is 0. The molecule has 0 bridgehead atoms. The molecule has 0 spiro atoms. The number of benzene rings is 3. The maximum absolute atomic E-state index is 13.8. The van der Waals surface area contributed by atoms with Crippen LogP contribution in [0, 0.1) is 12.8 Å². The van der Waals surface area contributed by atoms with E-state index in [-0.39, 0.29) is 5.91 Å². The van der Waals surface area contributed by atoms with E-state index in [4.69, 9.17) is 25.9 Å². The van der Waals surface area contributed by atoms with Gasteiger partial charge in [0.05, 0.1) is 31.6 Å². The molecule has 2 amide bonds. The molecule has 2 fully saturated rings. The first-order valence-corrected chi connectivity index (χ1v) is 11.2. The number of carbonyl (C=O) groups excluding carboxylic acids is 2. The van der Waals surface area contributed by atoms with Gasteiger partial charge in [-0.05, 0) is 55.0 Å². The Kier molecular flexibility index (Phi) is 5.67.